The third kappa shape index (κ3) is 5.13. The van der Waals surface area contributed by atoms with Gasteiger partial charge in [-0.2, -0.15) is 9.61 Å². The minimum absolute atomic E-state index is 0.156. The molecule has 0 atom stereocenters. The number of methoxy groups -OCH3 is 1. The maximum atomic E-state index is 12.4. The number of carbonyl (C=O) groups excluding carboxylic acids is 2. The van der Waals surface area contributed by atoms with Gasteiger partial charge in [-0.05, 0) is 31.0 Å². The number of carbonyl (C=O) groups is 2. The second-order valence-corrected chi connectivity index (χ2v) is 8.62. The Bertz CT molecular complexity index is 1180. The zero-order valence-electron chi connectivity index (χ0n) is 17.7. The molecular formula is C22H24N4O5S. The lowest BCUT2D eigenvalue weighted by Crippen LogP contribution is -2.30. The summed E-state index contributed by atoms with van der Waals surface area (Å²) < 4.78 is 11.6. The van der Waals surface area contributed by atoms with E-state index in [1.54, 1.807) is 24.3 Å². The molecule has 168 valence electrons. The Morgan fingerprint density at radius 1 is 1.22 bits per heavy atom. The number of esters is 1. The predicted octanol–water partition coefficient (Wildman–Crippen LogP) is 2.68. The lowest BCUT2D eigenvalue weighted by atomic mass is 9.90. The molecule has 2 heterocycles. The second-order valence-electron chi connectivity index (χ2n) is 7.63. The summed E-state index contributed by atoms with van der Waals surface area (Å²) >= 11 is 1.41. The zero-order valence-corrected chi connectivity index (χ0v) is 18.5. The van der Waals surface area contributed by atoms with E-state index in [9.17, 15) is 14.4 Å². The first-order chi connectivity index (χ1) is 15.5. The molecule has 32 heavy (non-hydrogen) atoms. The number of rotatable bonds is 7. The molecule has 0 bridgehead atoms. The van der Waals surface area contributed by atoms with Gasteiger partial charge in [0.1, 0.15) is 23.9 Å². The van der Waals surface area contributed by atoms with Crippen LogP contribution in [-0.2, 0) is 16.1 Å². The van der Waals surface area contributed by atoms with Gasteiger partial charge in [-0.3, -0.25) is 14.4 Å². The van der Waals surface area contributed by atoms with Crippen LogP contribution in [0.2, 0.25) is 0 Å². The van der Waals surface area contributed by atoms with Crippen LogP contribution in [0, 0.1) is 0 Å². The Labute approximate surface area is 188 Å². The highest BCUT2D eigenvalue weighted by Crippen LogP contribution is 2.34. The molecule has 1 aromatic carbocycles. The Morgan fingerprint density at radius 2 is 2.03 bits per heavy atom. The van der Waals surface area contributed by atoms with E-state index in [1.165, 1.54) is 48.3 Å². The Morgan fingerprint density at radius 3 is 2.81 bits per heavy atom. The summed E-state index contributed by atoms with van der Waals surface area (Å²) in [6, 6.07) is 7.92. The van der Waals surface area contributed by atoms with Crippen LogP contribution in [0.25, 0.3) is 4.96 Å². The van der Waals surface area contributed by atoms with Gasteiger partial charge in [0.2, 0.25) is 4.96 Å². The van der Waals surface area contributed by atoms with Crippen molar-refractivity contribution in [2.24, 2.45) is 0 Å². The number of fused-ring (bicyclic) bond motifs is 1. The van der Waals surface area contributed by atoms with Crippen molar-refractivity contribution in [1.29, 1.82) is 0 Å². The molecule has 0 saturated heterocycles. The van der Waals surface area contributed by atoms with Gasteiger partial charge in [-0.1, -0.05) is 36.7 Å². The fourth-order valence-corrected chi connectivity index (χ4v) is 4.78. The largest absolute Gasteiger partial charge is 0.497 e. The lowest BCUT2D eigenvalue weighted by molar-refractivity contribution is -0.143. The van der Waals surface area contributed by atoms with Gasteiger partial charge in [-0.15, -0.1) is 0 Å². The number of nitrogens with zero attached hydrogens (tertiary/aromatic N) is 3. The van der Waals surface area contributed by atoms with Gasteiger partial charge in [-0.25, -0.2) is 4.98 Å². The third-order valence-electron chi connectivity index (χ3n) is 5.37. The standard InChI is InChI=1S/C22H24N4O5S/c1-30-17-9-5-8-15(10-17)20(29)23-12-19(28)31-13-16-11-18(27)26-22(24-16)32-21(25-26)14-6-3-2-4-7-14/h5,8-11,14H,2-4,6-7,12-13H2,1H3,(H,23,29). The summed E-state index contributed by atoms with van der Waals surface area (Å²) in [5, 5.41) is 7.90. The first-order valence-electron chi connectivity index (χ1n) is 10.5. The highest BCUT2D eigenvalue weighted by Gasteiger charge is 2.21. The van der Waals surface area contributed by atoms with Crippen LogP contribution >= 0.6 is 11.3 Å². The SMILES string of the molecule is COc1cccc(C(=O)NCC(=O)OCc2cc(=O)n3nc(C4CCCCC4)sc3n2)c1. The summed E-state index contributed by atoms with van der Waals surface area (Å²) in [7, 11) is 1.51. The molecule has 1 N–H and O–H groups in total. The van der Waals surface area contributed by atoms with Gasteiger partial charge in [0.05, 0.1) is 12.8 Å². The molecule has 0 aliphatic heterocycles. The van der Waals surface area contributed by atoms with Crippen LogP contribution in [0.15, 0.2) is 35.1 Å². The number of amides is 1. The van der Waals surface area contributed by atoms with E-state index in [2.05, 4.69) is 15.4 Å². The summed E-state index contributed by atoms with van der Waals surface area (Å²) in [5.74, 6) is -0.124. The summed E-state index contributed by atoms with van der Waals surface area (Å²) in [5.41, 5.74) is 0.420. The molecule has 9 nitrogen and oxygen atoms in total. The van der Waals surface area contributed by atoms with E-state index in [0.29, 0.717) is 27.9 Å². The normalized spacial score (nSPS) is 14.3. The summed E-state index contributed by atoms with van der Waals surface area (Å²) in [6.45, 7) is -0.458. The molecule has 2 aromatic heterocycles. The Balaban J connectivity index is 1.34. The molecule has 1 aliphatic rings. The van der Waals surface area contributed by atoms with E-state index in [1.807, 2.05) is 0 Å². The fraction of sp³-hybridized carbons (Fsp3) is 0.409. The summed E-state index contributed by atoms with van der Waals surface area (Å²) in [6.07, 6.45) is 5.77. The van der Waals surface area contributed by atoms with Crippen molar-refractivity contribution in [2.75, 3.05) is 13.7 Å². The number of hydrogen-bond donors (Lipinski definition) is 1. The maximum absolute atomic E-state index is 12.4. The minimum atomic E-state index is -0.629. The van der Waals surface area contributed by atoms with E-state index in [4.69, 9.17) is 9.47 Å². The van der Waals surface area contributed by atoms with Crippen LogP contribution < -0.4 is 15.6 Å². The van der Waals surface area contributed by atoms with Gasteiger partial charge >= 0.3 is 5.97 Å². The number of nitrogens with one attached hydrogen (secondary N) is 1. The number of hydrogen-bond acceptors (Lipinski definition) is 8. The lowest BCUT2D eigenvalue weighted by Gasteiger charge is -2.18. The first-order valence-corrected chi connectivity index (χ1v) is 11.3. The smallest absolute Gasteiger partial charge is 0.325 e. The van der Waals surface area contributed by atoms with Crippen LogP contribution in [0.3, 0.4) is 0 Å². The molecular weight excluding hydrogens is 432 g/mol. The average Bonchev–Trinajstić information content (AvgIpc) is 3.27. The third-order valence-corrected chi connectivity index (χ3v) is 6.45. The van der Waals surface area contributed by atoms with Crippen molar-refractivity contribution < 1.29 is 19.1 Å². The van der Waals surface area contributed by atoms with Crippen LogP contribution in [0.4, 0.5) is 0 Å². The average molecular weight is 457 g/mol. The van der Waals surface area contributed by atoms with Crippen LogP contribution in [0.1, 0.15) is 59.1 Å². The van der Waals surface area contributed by atoms with E-state index in [0.717, 1.165) is 17.8 Å². The molecule has 1 aliphatic carbocycles. The van der Waals surface area contributed by atoms with Crippen molar-refractivity contribution >= 4 is 28.2 Å². The molecule has 1 fully saturated rings. The van der Waals surface area contributed by atoms with Crippen LogP contribution in [-0.4, -0.2) is 40.1 Å². The molecule has 0 unspecified atom stereocenters. The van der Waals surface area contributed by atoms with Crippen LogP contribution in [0.5, 0.6) is 5.75 Å². The highest BCUT2D eigenvalue weighted by molar-refractivity contribution is 7.16. The fourth-order valence-electron chi connectivity index (χ4n) is 3.68. The number of ether oxygens (including phenoxy) is 2. The van der Waals surface area contributed by atoms with Gasteiger partial charge in [0.15, 0.2) is 0 Å². The van der Waals surface area contributed by atoms with Gasteiger partial charge < -0.3 is 14.8 Å². The minimum Gasteiger partial charge on any atom is -0.497 e. The van der Waals surface area contributed by atoms with Crippen molar-refractivity contribution in [2.45, 2.75) is 44.6 Å². The summed E-state index contributed by atoms with van der Waals surface area (Å²) in [4.78, 5) is 41.6. The predicted molar refractivity (Wildman–Crippen MR) is 118 cm³/mol. The second kappa shape index (κ2) is 9.90. The molecule has 3 aromatic rings. The molecule has 0 radical (unpaired) electrons. The molecule has 0 spiro atoms. The number of benzene rings is 1. The van der Waals surface area contributed by atoms with Crippen molar-refractivity contribution in [1.82, 2.24) is 19.9 Å². The van der Waals surface area contributed by atoms with Crippen molar-refractivity contribution in [3.8, 4) is 5.75 Å². The maximum Gasteiger partial charge on any atom is 0.325 e. The van der Waals surface area contributed by atoms with E-state index < -0.39 is 11.9 Å². The van der Waals surface area contributed by atoms with E-state index in [-0.39, 0.29) is 18.7 Å². The molecule has 1 saturated carbocycles. The number of aromatic nitrogens is 3. The molecule has 1 amide bonds. The van der Waals surface area contributed by atoms with Crippen molar-refractivity contribution in [3.05, 3.63) is 57.0 Å². The Hall–Kier alpha value is -3.27. The topological polar surface area (TPSA) is 112 Å². The molecule has 10 heteroatoms. The highest BCUT2D eigenvalue weighted by atomic mass is 32.1. The van der Waals surface area contributed by atoms with Gasteiger partial charge in [0, 0.05) is 17.5 Å². The quantitative estimate of drug-likeness (QED) is 0.544. The Kier molecular flexibility index (Phi) is 6.79. The zero-order chi connectivity index (χ0) is 22.5. The van der Waals surface area contributed by atoms with Gasteiger partial charge in [0.25, 0.3) is 11.5 Å². The first kappa shape index (κ1) is 21.9. The molecule has 4 rings (SSSR count). The monoisotopic (exact) mass is 456 g/mol. The van der Waals surface area contributed by atoms with Crippen molar-refractivity contribution in [3.63, 3.8) is 0 Å². The van der Waals surface area contributed by atoms with E-state index >= 15 is 0 Å².